The van der Waals surface area contributed by atoms with Crippen LogP contribution in [0.2, 0.25) is 0 Å². The highest BCUT2D eigenvalue weighted by atomic mass is 35.5. The monoisotopic (exact) mass is 340 g/mol. The van der Waals surface area contributed by atoms with E-state index >= 15 is 0 Å². The highest BCUT2D eigenvalue weighted by Crippen LogP contribution is 2.30. The Hall–Kier alpha value is -0.650. The molecule has 1 aliphatic carbocycles. The summed E-state index contributed by atoms with van der Waals surface area (Å²) in [6.45, 7) is 3.56. The van der Waals surface area contributed by atoms with Crippen LogP contribution in [-0.4, -0.2) is 45.5 Å². The van der Waals surface area contributed by atoms with Crippen molar-refractivity contribution < 1.29 is 9.47 Å². The van der Waals surface area contributed by atoms with Gasteiger partial charge in [-0.2, -0.15) is 0 Å². The van der Waals surface area contributed by atoms with Gasteiger partial charge in [0.15, 0.2) is 0 Å². The maximum atomic E-state index is 5.67. The summed E-state index contributed by atoms with van der Waals surface area (Å²) >= 11 is 0. The van der Waals surface area contributed by atoms with Crippen molar-refractivity contribution in [2.45, 2.75) is 37.5 Å². The van der Waals surface area contributed by atoms with Crippen molar-refractivity contribution in [3.05, 3.63) is 35.9 Å². The van der Waals surface area contributed by atoms with Gasteiger partial charge >= 0.3 is 0 Å². The number of methoxy groups -OCH3 is 1. The minimum Gasteiger partial charge on any atom is -0.379 e. The zero-order chi connectivity index (χ0) is 15.2. The number of halogens is 1. The van der Waals surface area contributed by atoms with Gasteiger partial charge in [-0.05, 0) is 24.3 Å². The van der Waals surface area contributed by atoms with E-state index < -0.39 is 0 Å². The van der Waals surface area contributed by atoms with Crippen molar-refractivity contribution in [2.75, 3.05) is 33.4 Å². The molecule has 1 heterocycles. The first kappa shape index (κ1) is 18.7. The molecular weight excluding hydrogens is 312 g/mol. The van der Waals surface area contributed by atoms with E-state index in [1.54, 1.807) is 7.11 Å². The Bertz CT molecular complexity index is 440. The summed E-state index contributed by atoms with van der Waals surface area (Å²) in [7, 11) is 1.79. The normalized spacial score (nSPS) is 29.0. The number of morpholine rings is 1. The van der Waals surface area contributed by atoms with E-state index in [1.165, 1.54) is 24.8 Å². The molecule has 2 N–H and O–H groups in total. The highest BCUT2D eigenvalue weighted by molar-refractivity contribution is 5.85. The third kappa shape index (κ3) is 4.91. The molecule has 5 heteroatoms. The van der Waals surface area contributed by atoms with Gasteiger partial charge in [0, 0.05) is 32.3 Å². The number of hydrogen-bond donors (Lipinski definition) is 2. The molecule has 1 saturated heterocycles. The van der Waals surface area contributed by atoms with Gasteiger partial charge in [-0.1, -0.05) is 36.8 Å². The standard InChI is InChI=1S/C18H28N2O2.ClH/c1-21-18(14-6-3-2-4-7-14)12-20-16-9-5-8-15(16)17-13-22-11-10-19-17;/h2-4,6-7,15-20H,5,8-13H2,1H3;1H. The van der Waals surface area contributed by atoms with Crippen molar-refractivity contribution in [3.8, 4) is 0 Å². The summed E-state index contributed by atoms with van der Waals surface area (Å²) in [6.07, 6.45) is 3.98. The molecule has 0 amide bonds. The molecule has 4 nitrogen and oxygen atoms in total. The van der Waals surface area contributed by atoms with Crippen LogP contribution in [0.5, 0.6) is 0 Å². The Morgan fingerprint density at radius 2 is 2.13 bits per heavy atom. The van der Waals surface area contributed by atoms with E-state index in [0.717, 1.165) is 26.3 Å². The van der Waals surface area contributed by atoms with Gasteiger partial charge in [-0.3, -0.25) is 0 Å². The maximum absolute atomic E-state index is 5.67. The zero-order valence-corrected chi connectivity index (χ0v) is 14.7. The second kappa shape index (κ2) is 9.60. The van der Waals surface area contributed by atoms with Crippen LogP contribution < -0.4 is 10.6 Å². The van der Waals surface area contributed by atoms with E-state index in [-0.39, 0.29) is 18.5 Å². The van der Waals surface area contributed by atoms with Crippen molar-refractivity contribution in [2.24, 2.45) is 5.92 Å². The second-order valence-electron chi connectivity index (χ2n) is 6.38. The highest BCUT2D eigenvalue weighted by Gasteiger charge is 2.34. The van der Waals surface area contributed by atoms with Crippen LogP contribution in [-0.2, 0) is 9.47 Å². The van der Waals surface area contributed by atoms with Gasteiger partial charge in [-0.25, -0.2) is 0 Å². The van der Waals surface area contributed by atoms with Crippen LogP contribution in [0, 0.1) is 5.92 Å². The molecule has 2 aliphatic rings. The molecule has 23 heavy (non-hydrogen) atoms. The second-order valence-corrected chi connectivity index (χ2v) is 6.38. The fourth-order valence-electron chi connectivity index (χ4n) is 3.85. The van der Waals surface area contributed by atoms with Gasteiger partial charge in [-0.15, -0.1) is 12.4 Å². The molecule has 0 spiro atoms. The lowest BCUT2D eigenvalue weighted by atomic mass is 9.93. The Morgan fingerprint density at radius 1 is 1.30 bits per heavy atom. The predicted octanol–water partition coefficient (Wildman–Crippen LogP) is 2.54. The zero-order valence-electron chi connectivity index (χ0n) is 13.9. The smallest absolute Gasteiger partial charge is 0.0945 e. The Kier molecular flexibility index (Phi) is 7.80. The summed E-state index contributed by atoms with van der Waals surface area (Å²) < 4.78 is 11.3. The maximum Gasteiger partial charge on any atom is 0.0945 e. The van der Waals surface area contributed by atoms with E-state index in [9.17, 15) is 0 Å². The lowest BCUT2D eigenvalue weighted by molar-refractivity contribution is 0.0496. The topological polar surface area (TPSA) is 42.5 Å². The predicted molar refractivity (Wildman–Crippen MR) is 95.2 cm³/mol. The van der Waals surface area contributed by atoms with Crippen molar-refractivity contribution in [1.29, 1.82) is 0 Å². The molecule has 0 bridgehead atoms. The average Bonchev–Trinajstić information content (AvgIpc) is 3.06. The van der Waals surface area contributed by atoms with Crippen LogP contribution in [0.15, 0.2) is 30.3 Å². The minimum absolute atomic E-state index is 0. The summed E-state index contributed by atoms with van der Waals surface area (Å²) in [6, 6.07) is 11.5. The van der Waals surface area contributed by atoms with Gasteiger partial charge in [0.05, 0.1) is 19.3 Å². The molecule has 130 valence electrons. The van der Waals surface area contributed by atoms with Gasteiger partial charge in [0.2, 0.25) is 0 Å². The largest absolute Gasteiger partial charge is 0.379 e. The van der Waals surface area contributed by atoms with Gasteiger partial charge in [0.1, 0.15) is 0 Å². The van der Waals surface area contributed by atoms with E-state index in [0.29, 0.717) is 18.0 Å². The first-order valence-corrected chi connectivity index (χ1v) is 8.50. The van der Waals surface area contributed by atoms with E-state index in [1.807, 2.05) is 6.07 Å². The van der Waals surface area contributed by atoms with Gasteiger partial charge < -0.3 is 20.1 Å². The molecule has 4 unspecified atom stereocenters. The number of hydrogen-bond acceptors (Lipinski definition) is 4. The SMILES string of the molecule is COC(CNC1CCCC1C1COCCN1)c1ccccc1.Cl. The molecule has 1 saturated carbocycles. The lowest BCUT2D eigenvalue weighted by Crippen LogP contribution is -2.51. The number of benzene rings is 1. The van der Waals surface area contributed by atoms with E-state index in [2.05, 4.69) is 34.9 Å². The number of ether oxygens (including phenoxy) is 2. The van der Waals surface area contributed by atoms with Crippen LogP contribution in [0.25, 0.3) is 0 Å². The van der Waals surface area contributed by atoms with E-state index in [4.69, 9.17) is 9.47 Å². The average molecular weight is 341 g/mol. The van der Waals surface area contributed by atoms with Crippen molar-refractivity contribution in [1.82, 2.24) is 10.6 Å². The molecule has 0 radical (unpaired) electrons. The molecular formula is C18H29ClN2O2. The van der Waals surface area contributed by atoms with Crippen LogP contribution in [0.3, 0.4) is 0 Å². The summed E-state index contributed by atoms with van der Waals surface area (Å²) in [5.74, 6) is 0.675. The van der Waals surface area contributed by atoms with Gasteiger partial charge in [0.25, 0.3) is 0 Å². The first-order valence-electron chi connectivity index (χ1n) is 8.50. The minimum atomic E-state index is 0. The van der Waals surface area contributed by atoms with Crippen LogP contribution in [0.1, 0.15) is 30.9 Å². The molecule has 1 aliphatic heterocycles. The number of nitrogens with one attached hydrogen (secondary N) is 2. The number of rotatable bonds is 6. The summed E-state index contributed by atoms with van der Waals surface area (Å²) in [4.78, 5) is 0. The molecule has 2 fully saturated rings. The Labute approximate surface area is 145 Å². The van der Waals surface area contributed by atoms with Crippen molar-refractivity contribution in [3.63, 3.8) is 0 Å². The summed E-state index contributed by atoms with van der Waals surface area (Å²) in [5, 5.41) is 7.39. The third-order valence-corrected chi connectivity index (χ3v) is 5.06. The molecule has 1 aromatic rings. The first-order chi connectivity index (χ1) is 10.9. The molecule has 3 rings (SSSR count). The lowest BCUT2D eigenvalue weighted by Gasteiger charge is -2.33. The van der Waals surface area contributed by atoms with Crippen molar-refractivity contribution >= 4 is 12.4 Å². The van der Waals surface area contributed by atoms with Crippen LogP contribution in [0.4, 0.5) is 0 Å². The molecule has 4 atom stereocenters. The quantitative estimate of drug-likeness (QED) is 0.835. The summed E-state index contributed by atoms with van der Waals surface area (Å²) in [5.41, 5.74) is 1.24. The molecule has 1 aromatic carbocycles. The Balaban J connectivity index is 0.00000192. The fourth-order valence-corrected chi connectivity index (χ4v) is 3.85. The van der Waals surface area contributed by atoms with Crippen LogP contribution >= 0.6 is 12.4 Å². The Morgan fingerprint density at radius 3 is 2.83 bits per heavy atom. The molecule has 0 aromatic heterocycles. The third-order valence-electron chi connectivity index (χ3n) is 5.06. The fraction of sp³-hybridized carbons (Fsp3) is 0.667.